The summed E-state index contributed by atoms with van der Waals surface area (Å²) in [6.45, 7) is 3.42. The molecule has 0 spiro atoms. The molecule has 8 heteroatoms. The number of nitrogens with one attached hydrogen (secondary N) is 1. The second-order valence-electron chi connectivity index (χ2n) is 4.58. The number of nitrogens with zero attached hydrogens (tertiary/aromatic N) is 2. The zero-order valence-electron chi connectivity index (χ0n) is 11.2. The maximum Gasteiger partial charge on any atom is 0.317 e. The van der Waals surface area contributed by atoms with Crippen LogP contribution in [0.15, 0.2) is 5.38 Å². The van der Waals surface area contributed by atoms with E-state index in [4.69, 9.17) is 9.84 Å². The first-order chi connectivity index (χ1) is 9.54. The van der Waals surface area contributed by atoms with Crippen molar-refractivity contribution in [1.82, 2.24) is 15.2 Å². The largest absolute Gasteiger partial charge is 0.481 e. The van der Waals surface area contributed by atoms with Crippen LogP contribution in [0, 0.1) is 6.92 Å². The highest BCUT2D eigenvalue weighted by Gasteiger charge is 2.25. The molecular weight excluding hydrogens is 282 g/mol. The molecule has 7 nitrogen and oxygen atoms in total. The maximum atomic E-state index is 12.0. The number of rotatable bonds is 4. The molecule has 0 aromatic carbocycles. The average molecular weight is 299 g/mol. The smallest absolute Gasteiger partial charge is 0.317 e. The number of carboxylic acids is 1. The van der Waals surface area contributed by atoms with E-state index in [9.17, 15) is 9.59 Å². The molecule has 1 atom stereocenters. The normalized spacial score (nSPS) is 18.9. The Balaban J connectivity index is 1.81. The van der Waals surface area contributed by atoms with E-state index in [0.29, 0.717) is 26.2 Å². The Hall–Kier alpha value is -1.67. The lowest BCUT2D eigenvalue weighted by molar-refractivity contribution is -0.141. The van der Waals surface area contributed by atoms with Crippen LogP contribution in [-0.4, -0.2) is 52.8 Å². The van der Waals surface area contributed by atoms with Crippen LogP contribution in [0.1, 0.15) is 17.1 Å². The Morgan fingerprint density at radius 2 is 2.45 bits per heavy atom. The molecule has 0 radical (unpaired) electrons. The number of hydrogen-bond acceptors (Lipinski definition) is 5. The van der Waals surface area contributed by atoms with Gasteiger partial charge in [0.05, 0.1) is 25.7 Å². The van der Waals surface area contributed by atoms with Crippen molar-refractivity contribution in [2.24, 2.45) is 0 Å². The number of amides is 2. The molecule has 1 aliphatic rings. The zero-order valence-corrected chi connectivity index (χ0v) is 12.0. The molecule has 2 rings (SSSR count). The summed E-state index contributed by atoms with van der Waals surface area (Å²) in [7, 11) is 0. The second kappa shape index (κ2) is 6.67. The van der Waals surface area contributed by atoms with Gasteiger partial charge in [-0.15, -0.1) is 11.3 Å². The number of thiazole rings is 1. The van der Waals surface area contributed by atoms with E-state index < -0.39 is 12.1 Å². The second-order valence-corrected chi connectivity index (χ2v) is 5.52. The summed E-state index contributed by atoms with van der Waals surface area (Å²) in [5.41, 5.74) is 0.937. The SMILES string of the molecule is Cc1csc(CNC(=O)N2CCOC(CC(=O)O)C2)n1. The van der Waals surface area contributed by atoms with Crippen molar-refractivity contribution in [2.45, 2.75) is 26.0 Å². The predicted molar refractivity (Wildman–Crippen MR) is 72.7 cm³/mol. The minimum absolute atomic E-state index is 0.0878. The van der Waals surface area contributed by atoms with Crippen molar-refractivity contribution in [2.75, 3.05) is 19.7 Å². The number of morpholine rings is 1. The first-order valence-corrected chi connectivity index (χ1v) is 7.19. The molecule has 2 amide bonds. The van der Waals surface area contributed by atoms with Gasteiger partial charge in [-0.2, -0.15) is 0 Å². The lowest BCUT2D eigenvalue weighted by Crippen LogP contribution is -2.49. The average Bonchev–Trinajstić information content (AvgIpc) is 2.81. The van der Waals surface area contributed by atoms with Crippen LogP contribution in [-0.2, 0) is 16.1 Å². The van der Waals surface area contributed by atoms with Crippen LogP contribution < -0.4 is 5.32 Å². The number of carbonyl (C=O) groups is 2. The Bertz CT molecular complexity index is 491. The molecule has 20 heavy (non-hydrogen) atoms. The van der Waals surface area contributed by atoms with Gasteiger partial charge in [0.2, 0.25) is 0 Å². The third kappa shape index (κ3) is 4.17. The van der Waals surface area contributed by atoms with Crippen molar-refractivity contribution in [3.63, 3.8) is 0 Å². The fourth-order valence-corrected chi connectivity index (χ4v) is 2.68. The summed E-state index contributed by atoms with van der Waals surface area (Å²) in [6.07, 6.45) is -0.524. The Kier molecular flexibility index (Phi) is 4.91. The fraction of sp³-hybridized carbons (Fsp3) is 0.583. The van der Waals surface area contributed by atoms with Crippen LogP contribution in [0.25, 0.3) is 0 Å². The summed E-state index contributed by atoms with van der Waals surface area (Å²) in [6, 6.07) is -0.212. The van der Waals surface area contributed by atoms with Crippen LogP contribution >= 0.6 is 11.3 Å². The molecule has 1 aromatic rings. The summed E-state index contributed by atoms with van der Waals surface area (Å²) in [4.78, 5) is 28.5. The van der Waals surface area contributed by atoms with Crippen molar-refractivity contribution >= 4 is 23.3 Å². The molecule has 0 saturated carbocycles. The lowest BCUT2D eigenvalue weighted by atomic mass is 10.2. The van der Waals surface area contributed by atoms with Gasteiger partial charge in [0, 0.05) is 24.2 Å². The number of aromatic nitrogens is 1. The first-order valence-electron chi connectivity index (χ1n) is 6.32. The van der Waals surface area contributed by atoms with Crippen LogP contribution in [0.3, 0.4) is 0 Å². The van der Waals surface area contributed by atoms with Gasteiger partial charge in [0.25, 0.3) is 0 Å². The monoisotopic (exact) mass is 299 g/mol. The Labute approximate surface area is 120 Å². The minimum atomic E-state index is -0.921. The summed E-state index contributed by atoms with van der Waals surface area (Å²) in [5.74, 6) is -0.921. The Morgan fingerprint density at radius 3 is 3.10 bits per heavy atom. The summed E-state index contributed by atoms with van der Waals surface area (Å²) >= 11 is 1.50. The van der Waals surface area contributed by atoms with Gasteiger partial charge in [-0.3, -0.25) is 4.79 Å². The number of hydrogen-bond donors (Lipinski definition) is 2. The van der Waals surface area contributed by atoms with Crippen molar-refractivity contribution < 1.29 is 19.4 Å². The molecule has 1 aromatic heterocycles. The minimum Gasteiger partial charge on any atom is -0.481 e. The molecule has 1 aliphatic heterocycles. The van der Waals surface area contributed by atoms with Gasteiger partial charge in [-0.1, -0.05) is 0 Å². The van der Waals surface area contributed by atoms with Gasteiger partial charge in [0.1, 0.15) is 5.01 Å². The number of urea groups is 1. The van der Waals surface area contributed by atoms with Gasteiger partial charge < -0.3 is 20.1 Å². The molecule has 1 unspecified atom stereocenters. The number of carboxylic acid groups (broad SMARTS) is 1. The third-order valence-corrected chi connectivity index (χ3v) is 3.85. The molecule has 2 heterocycles. The van der Waals surface area contributed by atoms with Crippen LogP contribution in [0.2, 0.25) is 0 Å². The zero-order chi connectivity index (χ0) is 14.5. The van der Waals surface area contributed by atoms with E-state index in [1.54, 1.807) is 4.90 Å². The molecule has 110 valence electrons. The van der Waals surface area contributed by atoms with Crippen LogP contribution in [0.4, 0.5) is 4.79 Å². The van der Waals surface area contributed by atoms with Crippen LogP contribution in [0.5, 0.6) is 0 Å². The third-order valence-electron chi connectivity index (χ3n) is 2.89. The van der Waals surface area contributed by atoms with E-state index in [0.717, 1.165) is 10.7 Å². The van der Waals surface area contributed by atoms with E-state index in [2.05, 4.69) is 10.3 Å². The van der Waals surface area contributed by atoms with Gasteiger partial charge in [-0.05, 0) is 6.92 Å². The first kappa shape index (κ1) is 14.7. The standard InChI is InChI=1S/C12H17N3O4S/c1-8-7-20-10(14-8)5-13-12(18)15-2-3-19-9(6-15)4-11(16)17/h7,9H,2-6H2,1H3,(H,13,18)(H,16,17). The number of carbonyl (C=O) groups excluding carboxylic acids is 1. The highest BCUT2D eigenvalue weighted by Crippen LogP contribution is 2.10. The van der Waals surface area contributed by atoms with Crippen molar-refractivity contribution in [3.05, 3.63) is 16.1 Å². The maximum absolute atomic E-state index is 12.0. The van der Waals surface area contributed by atoms with E-state index in [1.165, 1.54) is 11.3 Å². The Morgan fingerprint density at radius 1 is 1.65 bits per heavy atom. The number of ether oxygens (including phenoxy) is 1. The van der Waals surface area contributed by atoms with Gasteiger partial charge >= 0.3 is 12.0 Å². The lowest BCUT2D eigenvalue weighted by Gasteiger charge is -2.32. The van der Waals surface area contributed by atoms with E-state index >= 15 is 0 Å². The quantitative estimate of drug-likeness (QED) is 0.859. The predicted octanol–water partition coefficient (Wildman–Crippen LogP) is 0.837. The summed E-state index contributed by atoms with van der Waals surface area (Å²) < 4.78 is 5.32. The molecule has 0 bridgehead atoms. The molecular formula is C12H17N3O4S. The van der Waals surface area contributed by atoms with Gasteiger partial charge in [0.15, 0.2) is 0 Å². The highest BCUT2D eigenvalue weighted by atomic mass is 32.1. The highest BCUT2D eigenvalue weighted by molar-refractivity contribution is 7.09. The van der Waals surface area contributed by atoms with Gasteiger partial charge in [-0.25, -0.2) is 9.78 Å². The molecule has 0 aliphatic carbocycles. The van der Waals surface area contributed by atoms with E-state index in [-0.39, 0.29) is 12.5 Å². The number of aryl methyl sites for hydroxylation is 1. The fourth-order valence-electron chi connectivity index (χ4n) is 1.97. The van der Waals surface area contributed by atoms with Crippen molar-refractivity contribution in [1.29, 1.82) is 0 Å². The molecule has 2 N–H and O–H groups in total. The van der Waals surface area contributed by atoms with Crippen molar-refractivity contribution in [3.8, 4) is 0 Å². The number of aliphatic carboxylic acids is 1. The van der Waals surface area contributed by atoms with E-state index in [1.807, 2.05) is 12.3 Å². The topological polar surface area (TPSA) is 91.8 Å². The summed E-state index contributed by atoms with van der Waals surface area (Å²) in [5, 5.41) is 14.3. The molecule has 1 fully saturated rings. The molecule has 1 saturated heterocycles.